The smallest absolute Gasteiger partial charge is 0.146 e. The first kappa shape index (κ1) is 55.0. The van der Waals surface area contributed by atoms with E-state index in [1.807, 2.05) is 54.6 Å². The molecule has 2 aromatic heterocycles. The molecule has 0 saturated carbocycles. The number of aromatic nitrogens is 2. The van der Waals surface area contributed by atoms with Crippen molar-refractivity contribution >= 4 is 60.9 Å². The van der Waals surface area contributed by atoms with Crippen molar-refractivity contribution in [2.45, 2.75) is 23.7 Å². The zero-order valence-corrected chi connectivity index (χ0v) is 52.6. The zero-order chi connectivity index (χ0) is 64.1. The van der Waals surface area contributed by atoms with E-state index in [1.54, 1.807) is 0 Å². The van der Waals surface area contributed by atoms with E-state index in [4.69, 9.17) is 14.5 Å². The van der Waals surface area contributed by atoms with Gasteiger partial charge in [0.2, 0.25) is 0 Å². The molecule has 0 amide bonds. The molecule has 0 saturated heterocycles. The molecule has 2 aliphatic heterocycles. The van der Waals surface area contributed by atoms with Gasteiger partial charge in [0, 0.05) is 55.3 Å². The number of rotatable bonds is 8. The molecule has 97 heavy (non-hydrogen) atoms. The van der Waals surface area contributed by atoms with Crippen molar-refractivity contribution in [1.29, 1.82) is 10.8 Å². The summed E-state index contributed by atoms with van der Waals surface area (Å²) in [5.41, 5.74) is 27.5. The van der Waals surface area contributed by atoms with Crippen LogP contribution in [0.25, 0.3) is 94.0 Å². The van der Waals surface area contributed by atoms with Gasteiger partial charge in [-0.3, -0.25) is 9.81 Å². The third-order valence-electron chi connectivity index (χ3n) is 21.3. The van der Waals surface area contributed by atoms with Crippen LogP contribution in [-0.2, 0) is 10.8 Å². The largest absolute Gasteiger partial charge is 0.456 e. The van der Waals surface area contributed by atoms with E-state index in [2.05, 4.69) is 265 Å². The predicted octanol–water partition coefficient (Wildman–Crippen LogP) is 22.3. The monoisotopic (exact) mass is 1240 g/mol. The summed E-state index contributed by atoms with van der Waals surface area (Å²) in [5, 5.41) is 22.9. The molecule has 6 nitrogen and oxygen atoms in total. The summed E-state index contributed by atoms with van der Waals surface area (Å²) in [6, 6.07) is 106. The number of imidazole rings is 1. The van der Waals surface area contributed by atoms with Crippen LogP contribution >= 0.6 is 0 Å². The summed E-state index contributed by atoms with van der Waals surface area (Å²) >= 11 is 0. The van der Waals surface area contributed by atoms with Crippen LogP contribution in [0.1, 0.15) is 74.0 Å². The van der Waals surface area contributed by atoms with Crippen molar-refractivity contribution in [3.05, 3.63) is 382 Å². The highest BCUT2D eigenvalue weighted by Gasteiger charge is 2.53. The standard InChI is InChI=1S/C91H58N4O2/c92-80(58-46-44-57(45-47-58)63-27-19-35-79-88(63)97-85-39-17-13-33-77(85)91(79)74-30-10-6-24-67(74)68-25-7-11-31-75(68)91)54-70(86(93)59-20-2-1-3-21-59)61-49-50-64-69-51-48-60(53-83(69)95-82-37-15-14-36-81(82)94-89(95)71(64)52-61)55-40-42-56(43-41-55)62-26-18-34-78-87(62)96-84-38-16-12-32-76(84)90(78)72-28-8-4-22-65(72)66-23-5-9-29-73(66)90/h1-6,8-24,26-54,92-93H,7,25H2/b70-54-,92-80?,93-86?. The van der Waals surface area contributed by atoms with Crippen LogP contribution in [0.5, 0.6) is 23.0 Å². The van der Waals surface area contributed by atoms with Gasteiger partial charge in [0.1, 0.15) is 28.6 Å². The van der Waals surface area contributed by atoms with Crippen molar-refractivity contribution in [2.24, 2.45) is 0 Å². The Morgan fingerprint density at radius 1 is 0.392 bits per heavy atom. The Kier molecular flexibility index (Phi) is 11.9. The van der Waals surface area contributed by atoms with E-state index in [-0.39, 0.29) is 0 Å². The van der Waals surface area contributed by atoms with E-state index < -0.39 is 10.8 Å². The molecule has 20 rings (SSSR count). The van der Waals surface area contributed by atoms with Gasteiger partial charge in [-0.05, 0) is 139 Å². The maximum absolute atomic E-state index is 9.93. The third-order valence-corrected chi connectivity index (χ3v) is 21.3. The highest BCUT2D eigenvalue weighted by molar-refractivity contribution is 6.34. The minimum absolute atomic E-state index is 0.292. The molecular formula is C91H58N4O2. The molecule has 5 aliphatic rings. The Morgan fingerprint density at radius 2 is 0.907 bits per heavy atom. The Morgan fingerprint density at radius 3 is 1.60 bits per heavy atom. The van der Waals surface area contributed by atoms with Crippen LogP contribution in [0.4, 0.5) is 0 Å². The Hall–Kier alpha value is -12.5. The minimum Gasteiger partial charge on any atom is -0.456 e. The van der Waals surface area contributed by atoms with E-state index >= 15 is 0 Å². The van der Waals surface area contributed by atoms with E-state index in [1.165, 1.54) is 44.5 Å². The number of pyridine rings is 1. The second kappa shape index (κ2) is 21.0. The average Bonchev–Trinajstić information content (AvgIpc) is 1.58. The van der Waals surface area contributed by atoms with Crippen LogP contribution in [0.2, 0.25) is 0 Å². The molecule has 1 atom stereocenters. The van der Waals surface area contributed by atoms with Gasteiger partial charge in [0.15, 0.2) is 0 Å². The van der Waals surface area contributed by atoms with Crippen molar-refractivity contribution in [2.75, 3.05) is 0 Å². The summed E-state index contributed by atoms with van der Waals surface area (Å²) in [4.78, 5) is 5.39. The summed E-state index contributed by atoms with van der Waals surface area (Å²) in [6.45, 7) is 0. The SMILES string of the molecule is N=C(/C=C(\C(=N)c1ccccc1)c1ccc2c3ccc(-c4ccc(-c5cccc6c5Oc5ccccc5C65c6ccccc6-c6ccccc65)cc4)cc3n3c4ccccc4nc3c2c1)c1ccc(-c2cccc3c2Oc2ccccc2C32C3=C(CCC=C3)c3ccccc32)cc1. The lowest BCUT2D eigenvalue weighted by atomic mass is 9.64. The molecular weight excluding hydrogens is 1180 g/mol. The fourth-order valence-corrected chi connectivity index (χ4v) is 17.2. The number of hydrogen-bond donors (Lipinski definition) is 2. The lowest BCUT2D eigenvalue weighted by Crippen LogP contribution is -2.33. The number of allylic oxidation sites excluding steroid dienone is 6. The molecule has 0 bridgehead atoms. The zero-order valence-electron chi connectivity index (χ0n) is 52.6. The van der Waals surface area contributed by atoms with Gasteiger partial charge in [-0.15, -0.1) is 0 Å². The summed E-state index contributed by atoms with van der Waals surface area (Å²) in [5.74, 6) is 3.45. The topological polar surface area (TPSA) is 83.5 Å². The van der Waals surface area contributed by atoms with Crippen molar-refractivity contribution in [3.8, 4) is 67.5 Å². The summed E-state index contributed by atoms with van der Waals surface area (Å²) in [7, 11) is 0. The summed E-state index contributed by atoms with van der Waals surface area (Å²) in [6.07, 6.45) is 8.57. The molecule has 0 radical (unpaired) electrons. The van der Waals surface area contributed by atoms with E-state index in [0.717, 1.165) is 147 Å². The number of hydrogen-bond acceptors (Lipinski definition) is 5. The molecule has 13 aromatic carbocycles. The predicted molar refractivity (Wildman–Crippen MR) is 394 cm³/mol. The second-order valence-electron chi connectivity index (χ2n) is 26.2. The second-order valence-corrected chi connectivity index (χ2v) is 26.2. The number of nitrogens with one attached hydrogen (secondary N) is 2. The molecule has 0 fully saturated rings. The number of nitrogens with zero attached hydrogens (tertiary/aromatic N) is 2. The molecule has 454 valence electrons. The van der Waals surface area contributed by atoms with Crippen molar-refractivity contribution in [3.63, 3.8) is 0 Å². The van der Waals surface area contributed by atoms with Gasteiger partial charge in [0.25, 0.3) is 0 Å². The molecule has 4 heterocycles. The Bertz CT molecular complexity index is 6000. The Labute approximate surface area is 560 Å². The maximum atomic E-state index is 9.93. The van der Waals surface area contributed by atoms with Crippen LogP contribution in [0, 0.1) is 10.8 Å². The molecule has 6 heteroatoms. The van der Waals surface area contributed by atoms with Crippen molar-refractivity contribution in [1.82, 2.24) is 9.38 Å². The number of para-hydroxylation sites is 6. The van der Waals surface area contributed by atoms with Gasteiger partial charge in [-0.2, -0.15) is 0 Å². The van der Waals surface area contributed by atoms with Crippen molar-refractivity contribution < 1.29 is 9.47 Å². The first-order valence-corrected chi connectivity index (χ1v) is 33.4. The van der Waals surface area contributed by atoms with Gasteiger partial charge < -0.3 is 14.9 Å². The molecule has 2 spiro atoms. The molecule has 2 N–H and O–H groups in total. The first-order valence-electron chi connectivity index (χ1n) is 33.4. The normalized spacial score (nSPS) is 15.7. The van der Waals surface area contributed by atoms with Gasteiger partial charge in [0.05, 0.1) is 38.8 Å². The lowest BCUT2D eigenvalue weighted by Gasteiger charge is -2.41. The molecule has 1 unspecified atom stereocenters. The van der Waals surface area contributed by atoms with Crippen LogP contribution in [0.3, 0.4) is 0 Å². The van der Waals surface area contributed by atoms with Gasteiger partial charge >= 0.3 is 0 Å². The van der Waals surface area contributed by atoms with Crippen LogP contribution < -0.4 is 9.47 Å². The van der Waals surface area contributed by atoms with Gasteiger partial charge in [-0.1, -0.05) is 273 Å². The Balaban J connectivity index is 0.666. The fraction of sp³-hybridized carbons (Fsp3) is 0.0440. The van der Waals surface area contributed by atoms with Crippen LogP contribution in [-0.4, -0.2) is 20.8 Å². The average molecular weight is 1240 g/mol. The number of ether oxygens (including phenoxy) is 2. The highest BCUT2D eigenvalue weighted by atomic mass is 16.5. The van der Waals surface area contributed by atoms with Crippen LogP contribution in [0.15, 0.2) is 321 Å². The third kappa shape index (κ3) is 7.81. The minimum atomic E-state index is -0.545. The molecule has 3 aliphatic carbocycles. The number of benzene rings is 13. The maximum Gasteiger partial charge on any atom is 0.146 e. The van der Waals surface area contributed by atoms with Gasteiger partial charge in [-0.25, -0.2) is 4.98 Å². The lowest BCUT2D eigenvalue weighted by molar-refractivity contribution is 0.437. The highest BCUT2D eigenvalue weighted by Crippen LogP contribution is 2.65. The first-order chi connectivity index (χ1) is 47.9. The molecule has 15 aromatic rings. The summed E-state index contributed by atoms with van der Waals surface area (Å²) < 4.78 is 16.4. The fourth-order valence-electron chi connectivity index (χ4n) is 17.2. The quantitative estimate of drug-likeness (QED) is 0.117. The number of fused-ring (bicyclic) bond motifs is 25. The van der Waals surface area contributed by atoms with E-state index in [9.17, 15) is 10.8 Å². The van der Waals surface area contributed by atoms with E-state index in [0.29, 0.717) is 17.0 Å².